The van der Waals surface area contributed by atoms with Crippen LogP contribution in [0.3, 0.4) is 0 Å². The van der Waals surface area contributed by atoms with Crippen molar-refractivity contribution in [1.29, 1.82) is 0 Å². The van der Waals surface area contributed by atoms with Gasteiger partial charge in [0.25, 0.3) is 0 Å². The van der Waals surface area contributed by atoms with Crippen molar-refractivity contribution in [3.63, 3.8) is 0 Å². The van der Waals surface area contributed by atoms with Gasteiger partial charge in [-0.3, -0.25) is 5.01 Å². The number of piperazine rings is 1. The van der Waals surface area contributed by atoms with Gasteiger partial charge in [-0.25, -0.2) is 0 Å². The normalized spacial score (nSPS) is 17.9. The van der Waals surface area contributed by atoms with Crippen LogP contribution in [0.1, 0.15) is 12.5 Å². The Balaban J connectivity index is 1.56. The first-order valence-corrected chi connectivity index (χ1v) is 9.30. The van der Waals surface area contributed by atoms with E-state index in [-0.39, 0.29) is 0 Å². The van der Waals surface area contributed by atoms with Gasteiger partial charge < -0.3 is 10.2 Å². The molecule has 2 aromatic rings. The molecule has 1 fully saturated rings. The van der Waals surface area contributed by atoms with E-state index < -0.39 is 0 Å². The first-order valence-electron chi connectivity index (χ1n) is 8.49. The van der Waals surface area contributed by atoms with Crippen molar-refractivity contribution < 1.29 is 4.90 Å². The van der Waals surface area contributed by atoms with Crippen molar-refractivity contribution in [2.45, 2.75) is 16.7 Å². The highest BCUT2D eigenvalue weighted by Gasteiger charge is 2.17. The fraction of sp³-hybridized carbons (Fsp3) is 0.316. The number of quaternary nitrogens is 1. The van der Waals surface area contributed by atoms with Crippen molar-refractivity contribution >= 4 is 28.8 Å². The summed E-state index contributed by atoms with van der Waals surface area (Å²) in [5.41, 5.74) is 4.63. The summed E-state index contributed by atoms with van der Waals surface area (Å²) in [6.45, 7) is 6.51. The number of anilines is 2. The van der Waals surface area contributed by atoms with Gasteiger partial charge in [0.1, 0.15) is 0 Å². The third-order valence-electron chi connectivity index (χ3n) is 4.66. The molecule has 124 valence electrons. The zero-order valence-corrected chi connectivity index (χ0v) is 15.0. The monoisotopic (exact) mass is 339 g/mol. The molecule has 0 bridgehead atoms. The van der Waals surface area contributed by atoms with E-state index in [1.165, 1.54) is 26.7 Å². The van der Waals surface area contributed by atoms with E-state index in [9.17, 15) is 0 Å². The highest BCUT2D eigenvalue weighted by molar-refractivity contribution is 7.99. The van der Waals surface area contributed by atoms with E-state index in [1.54, 1.807) is 4.90 Å². The van der Waals surface area contributed by atoms with Gasteiger partial charge >= 0.3 is 0 Å². The molecule has 2 aliphatic rings. The summed E-state index contributed by atoms with van der Waals surface area (Å²) in [6.07, 6.45) is 0. The van der Waals surface area contributed by atoms with Gasteiger partial charge in [-0.15, -0.1) is 0 Å². The van der Waals surface area contributed by atoms with Crippen molar-refractivity contribution in [1.82, 2.24) is 5.01 Å². The van der Waals surface area contributed by atoms with Crippen LogP contribution in [-0.4, -0.2) is 43.9 Å². The molecule has 0 unspecified atom stereocenters. The van der Waals surface area contributed by atoms with E-state index in [4.69, 9.17) is 5.10 Å². The summed E-state index contributed by atoms with van der Waals surface area (Å²) in [4.78, 5) is 4.14. The minimum atomic E-state index is 1.04. The second-order valence-corrected chi connectivity index (χ2v) is 7.61. The molecule has 0 atom stereocenters. The smallest absolute Gasteiger partial charge is 0.0964 e. The molecule has 0 amide bonds. The van der Waals surface area contributed by atoms with E-state index in [0.717, 1.165) is 31.9 Å². The predicted molar refractivity (Wildman–Crippen MR) is 101 cm³/mol. The van der Waals surface area contributed by atoms with Gasteiger partial charge in [-0.1, -0.05) is 30.0 Å². The van der Waals surface area contributed by atoms with Gasteiger partial charge in [-0.05, 0) is 36.8 Å². The third-order valence-corrected chi connectivity index (χ3v) is 5.81. The van der Waals surface area contributed by atoms with Crippen LogP contribution in [0, 0.1) is 0 Å². The molecular weight excluding hydrogens is 316 g/mol. The first-order chi connectivity index (χ1) is 11.7. The average molecular weight is 339 g/mol. The van der Waals surface area contributed by atoms with Crippen molar-refractivity contribution in [2.24, 2.45) is 5.10 Å². The van der Waals surface area contributed by atoms with E-state index >= 15 is 0 Å². The zero-order chi connectivity index (χ0) is 16.5. The second-order valence-electron chi connectivity index (χ2n) is 6.53. The van der Waals surface area contributed by atoms with Gasteiger partial charge in [0.15, 0.2) is 0 Å². The summed E-state index contributed by atoms with van der Waals surface area (Å²) < 4.78 is 0. The molecule has 4 nitrogen and oxygen atoms in total. The second kappa shape index (κ2) is 6.49. The Kier molecular flexibility index (Phi) is 4.21. The Morgan fingerprint density at radius 2 is 1.83 bits per heavy atom. The lowest BCUT2D eigenvalue weighted by Gasteiger charge is -2.28. The fourth-order valence-corrected chi connectivity index (χ4v) is 4.08. The molecule has 2 heterocycles. The van der Waals surface area contributed by atoms with E-state index in [1.807, 2.05) is 11.8 Å². The maximum Gasteiger partial charge on any atom is 0.0964 e. The van der Waals surface area contributed by atoms with Crippen LogP contribution in [0.15, 0.2) is 57.4 Å². The number of fused-ring (bicyclic) bond motifs is 2. The largest absolute Gasteiger partial charge is 0.354 e. The van der Waals surface area contributed by atoms with Gasteiger partial charge in [0.05, 0.1) is 50.3 Å². The molecule has 5 heteroatoms. The number of hydrogen-bond donors (Lipinski definition) is 2. The Labute approximate surface area is 147 Å². The minimum Gasteiger partial charge on any atom is -0.354 e. The SMILES string of the molecule is C/C(=N/N1CC[NH+](C)CC1)c1ccc2c(c1)Nc1ccccc1S2. The maximum absolute atomic E-state index is 4.84. The molecular formula is C19H23N4S+. The summed E-state index contributed by atoms with van der Waals surface area (Å²) in [5, 5.41) is 10.6. The number of rotatable bonds is 2. The summed E-state index contributed by atoms with van der Waals surface area (Å²) >= 11 is 1.82. The molecule has 1 saturated heterocycles. The number of likely N-dealkylation sites (N-methyl/N-ethyl adjacent to an activating group) is 1. The molecule has 24 heavy (non-hydrogen) atoms. The van der Waals surface area contributed by atoms with Crippen molar-refractivity contribution in [2.75, 3.05) is 38.5 Å². The van der Waals surface area contributed by atoms with Crippen LogP contribution >= 0.6 is 11.8 Å². The average Bonchev–Trinajstić information content (AvgIpc) is 2.61. The molecule has 2 N–H and O–H groups in total. The molecule has 0 saturated carbocycles. The number of nitrogens with one attached hydrogen (secondary N) is 2. The quantitative estimate of drug-likeness (QED) is 0.704. The van der Waals surface area contributed by atoms with Crippen molar-refractivity contribution in [3.05, 3.63) is 48.0 Å². The Morgan fingerprint density at radius 3 is 2.67 bits per heavy atom. The van der Waals surface area contributed by atoms with Crippen LogP contribution in [0.5, 0.6) is 0 Å². The molecule has 0 radical (unpaired) electrons. The zero-order valence-electron chi connectivity index (χ0n) is 14.2. The lowest BCUT2D eigenvalue weighted by Crippen LogP contribution is -3.11. The highest BCUT2D eigenvalue weighted by atomic mass is 32.2. The maximum atomic E-state index is 4.84. The van der Waals surface area contributed by atoms with E-state index in [2.05, 4.69) is 66.8 Å². The standard InChI is InChI=1S/C19H22N4S/c1-14(21-23-11-9-22(2)10-12-23)15-7-8-19-17(13-15)20-16-5-3-4-6-18(16)24-19/h3-8,13,20H,9-12H2,1-2H3/p+1/b21-14-. The summed E-state index contributed by atoms with van der Waals surface area (Å²) in [5.74, 6) is 0. The van der Waals surface area contributed by atoms with E-state index in [0.29, 0.717) is 0 Å². The third kappa shape index (κ3) is 3.14. The lowest BCUT2D eigenvalue weighted by molar-refractivity contribution is -0.884. The number of benzene rings is 2. The van der Waals surface area contributed by atoms with Gasteiger partial charge in [0, 0.05) is 9.79 Å². The number of para-hydroxylation sites is 1. The first kappa shape index (κ1) is 15.5. The van der Waals surface area contributed by atoms with Crippen LogP contribution < -0.4 is 10.2 Å². The Hall–Kier alpha value is -1.98. The number of nitrogens with zero attached hydrogens (tertiary/aromatic N) is 2. The molecule has 2 aliphatic heterocycles. The summed E-state index contributed by atoms with van der Waals surface area (Å²) in [6, 6.07) is 15.0. The predicted octanol–water partition coefficient (Wildman–Crippen LogP) is 2.45. The highest BCUT2D eigenvalue weighted by Crippen LogP contribution is 2.44. The molecule has 0 aromatic heterocycles. The van der Waals surface area contributed by atoms with Gasteiger partial charge in [0.2, 0.25) is 0 Å². The molecule has 0 spiro atoms. The van der Waals surface area contributed by atoms with Crippen LogP contribution in [-0.2, 0) is 0 Å². The van der Waals surface area contributed by atoms with Crippen molar-refractivity contribution in [3.8, 4) is 0 Å². The molecule has 0 aliphatic carbocycles. The fourth-order valence-electron chi connectivity index (χ4n) is 3.11. The molecule has 4 rings (SSSR count). The minimum absolute atomic E-state index is 1.04. The lowest BCUT2D eigenvalue weighted by atomic mass is 10.1. The van der Waals surface area contributed by atoms with Crippen LogP contribution in [0.4, 0.5) is 11.4 Å². The Bertz CT molecular complexity index is 779. The number of hydrogen-bond acceptors (Lipinski definition) is 4. The topological polar surface area (TPSA) is 32.1 Å². The van der Waals surface area contributed by atoms with Crippen LogP contribution in [0.2, 0.25) is 0 Å². The van der Waals surface area contributed by atoms with Gasteiger partial charge in [-0.2, -0.15) is 5.10 Å². The Morgan fingerprint density at radius 1 is 1.08 bits per heavy atom. The summed E-state index contributed by atoms with van der Waals surface area (Å²) in [7, 11) is 2.25. The van der Waals surface area contributed by atoms with Crippen LogP contribution in [0.25, 0.3) is 0 Å². The molecule has 2 aromatic carbocycles. The number of hydrazone groups is 1.